The zero-order valence-corrected chi connectivity index (χ0v) is 14.8. The first-order chi connectivity index (χ1) is 14.0. The predicted octanol–water partition coefficient (Wildman–Crippen LogP) is 4.62. The third-order valence-corrected chi connectivity index (χ3v) is 4.63. The summed E-state index contributed by atoms with van der Waals surface area (Å²) >= 11 is 0. The Morgan fingerprint density at radius 2 is 1.76 bits per heavy atom. The number of pyridine rings is 1. The molecule has 29 heavy (non-hydrogen) atoms. The largest absolute Gasteiger partial charge is 0.333 e. The van der Waals surface area contributed by atoms with Crippen LogP contribution < -0.4 is 0 Å². The molecule has 0 fully saturated rings. The van der Waals surface area contributed by atoms with Crippen LogP contribution in [-0.4, -0.2) is 24.8 Å². The summed E-state index contributed by atoms with van der Waals surface area (Å²) in [5, 5.41) is 12.3. The van der Waals surface area contributed by atoms with E-state index in [9.17, 15) is 4.39 Å². The number of aromatic nitrogens is 5. The van der Waals surface area contributed by atoms with Crippen molar-refractivity contribution in [2.24, 2.45) is 0 Å². The molecule has 0 saturated heterocycles. The maximum absolute atomic E-state index is 15.3. The van der Waals surface area contributed by atoms with Gasteiger partial charge in [0.05, 0.1) is 11.2 Å². The molecule has 0 radical (unpaired) electrons. The summed E-state index contributed by atoms with van der Waals surface area (Å²) in [5.74, 6) is -4.51. The van der Waals surface area contributed by atoms with E-state index in [0.29, 0.717) is 22.2 Å². The van der Waals surface area contributed by atoms with Gasteiger partial charge in [-0.25, -0.2) is 4.39 Å². The van der Waals surface area contributed by atoms with Crippen LogP contribution in [0.5, 0.6) is 0 Å². The van der Waals surface area contributed by atoms with Gasteiger partial charge in [-0.3, -0.25) is 4.98 Å². The molecule has 0 bridgehead atoms. The standard InChI is InChI=1S/C21H12F3N5/c22-16-5-1-3-14(12-16)18-8-9-19-26-27-20(29(19)28-18)21(23,24)15-6-7-17-13(11-15)4-2-10-25-17/h1-12H. The third-order valence-electron chi connectivity index (χ3n) is 4.63. The minimum Gasteiger partial charge on any atom is -0.256 e. The first kappa shape index (κ1) is 17.3. The van der Waals surface area contributed by atoms with E-state index in [2.05, 4.69) is 20.3 Å². The summed E-state index contributed by atoms with van der Waals surface area (Å²) in [5.41, 5.74) is 1.33. The first-order valence-electron chi connectivity index (χ1n) is 8.74. The van der Waals surface area contributed by atoms with Crippen LogP contribution in [0.15, 0.2) is 72.9 Å². The molecule has 5 aromatic rings. The van der Waals surface area contributed by atoms with Crippen LogP contribution in [0, 0.1) is 5.82 Å². The van der Waals surface area contributed by atoms with E-state index < -0.39 is 17.6 Å². The fourth-order valence-electron chi connectivity index (χ4n) is 3.19. The molecule has 0 aliphatic carbocycles. The van der Waals surface area contributed by atoms with Gasteiger partial charge in [0.15, 0.2) is 5.65 Å². The number of nitrogens with zero attached hydrogens (tertiary/aromatic N) is 5. The number of halogens is 3. The molecule has 0 amide bonds. The Morgan fingerprint density at radius 1 is 0.862 bits per heavy atom. The molecule has 0 aliphatic heterocycles. The Balaban J connectivity index is 1.65. The second kappa shape index (κ2) is 6.37. The van der Waals surface area contributed by atoms with E-state index in [-0.39, 0.29) is 11.2 Å². The van der Waals surface area contributed by atoms with Gasteiger partial charge in [0.1, 0.15) is 5.82 Å². The van der Waals surface area contributed by atoms with Crippen molar-refractivity contribution < 1.29 is 13.2 Å². The molecule has 3 aromatic heterocycles. The SMILES string of the molecule is Fc1cccc(-c2ccc3nnc(C(F)(F)c4ccc5ncccc5c4)n3n2)c1. The quantitative estimate of drug-likeness (QED) is 0.450. The number of rotatable bonds is 3. The molecular formula is C21H12F3N5. The van der Waals surface area contributed by atoms with Gasteiger partial charge in [-0.15, -0.1) is 10.2 Å². The molecule has 0 aliphatic rings. The van der Waals surface area contributed by atoms with Crippen LogP contribution in [-0.2, 0) is 5.92 Å². The molecule has 2 aromatic carbocycles. The zero-order valence-electron chi connectivity index (χ0n) is 14.8. The fourth-order valence-corrected chi connectivity index (χ4v) is 3.19. The van der Waals surface area contributed by atoms with Gasteiger partial charge in [-0.05, 0) is 42.5 Å². The van der Waals surface area contributed by atoms with Crippen LogP contribution in [0.3, 0.4) is 0 Å². The average molecular weight is 391 g/mol. The van der Waals surface area contributed by atoms with Crippen molar-refractivity contribution in [3.05, 3.63) is 90.1 Å². The Morgan fingerprint density at radius 3 is 2.62 bits per heavy atom. The highest BCUT2D eigenvalue weighted by atomic mass is 19.3. The van der Waals surface area contributed by atoms with E-state index in [0.717, 1.165) is 4.52 Å². The van der Waals surface area contributed by atoms with Gasteiger partial charge < -0.3 is 0 Å². The molecule has 8 heteroatoms. The number of hydrogen-bond acceptors (Lipinski definition) is 4. The number of fused-ring (bicyclic) bond motifs is 2. The Kier molecular flexibility index (Phi) is 3.80. The van der Waals surface area contributed by atoms with Gasteiger partial charge in [0, 0.05) is 22.7 Å². The number of alkyl halides is 2. The second-order valence-electron chi connectivity index (χ2n) is 6.51. The summed E-state index contributed by atoms with van der Waals surface area (Å²) in [4.78, 5) is 4.15. The van der Waals surface area contributed by atoms with Gasteiger partial charge in [-0.1, -0.05) is 24.3 Å². The van der Waals surface area contributed by atoms with Crippen LogP contribution >= 0.6 is 0 Å². The zero-order chi connectivity index (χ0) is 20.0. The molecule has 5 nitrogen and oxygen atoms in total. The summed E-state index contributed by atoms with van der Waals surface area (Å²) < 4.78 is 45.2. The minimum atomic E-state index is -3.45. The Bertz CT molecular complexity index is 1360. The van der Waals surface area contributed by atoms with Gasteiger partial charge in [0.25, 0.3) is 0 Å². The molecule has 5 rings (SSSR count). The second-order valence-corrected chi connectivity index (χ2v) is 6.51. The predicted molar refractivity (Wildman–Crippen MR) is 101 cm³/mol. The molecule has 0 spiro atoms. The number of hydrogen-bond donors (Lipinski definition) is 0. The maximum Gasteiger partial charge on any atom is 0.333 e. The molecule has 0 unspecified atom stereocenters. The van der Waals surface area contributed by atoms with Crippen LogP contribution in [0.25, 0.3) is 27.8 Å². The fraction of sp³-hybridized carbons (Fsp3) is 0.0476. The topological polar surface area (TPSA) is 56.0 Å². The minimum absolute atomic E-state index is 0.169. The smallest absolute Gasteiger partial charge is 0.256 e. The summed E-state index contributed by atoms with van der Waals surface area (Å²) in [6.45, 7) is 0. The van der Waals surface area contributed by atoms with E-state index in [1.165, 1.54) is 42.5 Å². The normalized spacial score (nSPS) is 12.0. The highest BCUT2D eigenvalue weighted by Gasteiger charge is 2.40. The average Bonchev–Trinajstić information content (AvgIpc) is 3.17. The Hall–Kier alpha value is -3.81. The lowest BCUT2D eigenvalue weighted by Crippen LogP contribution is -2.20. The van der Waals surface area contributed by atoms with Crippen molar-refractivity contribution in [2.75, 3.05) is 0 Å². The Labute approximate surface area is 162 Å². The molecule has 0 atom stereocenters. The molecule has 0 N–H and O–H groups in total. The van der Waals surface area contributed by atoms with Crippen molar-refractivity contribution in [2.45, 2.75) is 5.92 Å². The first-order valence-corrected chi connectivity index (χ1v) is 8.74. The monoisotopic (exact) mass is 391 g/mol. The molecule has 142 valence electrons. The van der Waals surface area contributed by atoms with E-state index in [4.69, 9.17) is 0 Å². The summed E-state index contributed by atoms with van der Waals surface area (Å²) in [6.07, 6.45) is 1.60. The van der Waals surface area contributed by atoms with Crippen molar-refractivity contribution in [1.82, 2.24) is 24.8 Å². The number of benzene rings is 2. The molecular weight excluding hydrogens is 379 g/mol. The molecule has 0 saturated carbocycles. The maximum atomic E-state index is 15.3. The molecule has 3 heterocycles. The van der Waals surface area contributed by atoms with Crippen LogP contribution in [0.4, 0.5) is 13.2 Å². The van der Waals surface area contributed by atoms with E-state index >= 15 is 8.78 Å². The summed E-state index contributed by atoms with van der Waals surface area (Å²) in [6, 6.07) is 16.5. The lowest BCUT2D eigenvalue weighted by Gasteiger charge is -2.15. The van der Waals surface area contributed by atoms with E-state index in [1.807, 2.05) is 0 Å². The lowest BCUT2D eigenvalue weighted by molar-refractivity contribution is 0.0307. The third kappa shape index (κ3) is 2.89. The van der Waals surface area contributed by atoms with Gasteiger partial charge in [-0.2, -0.15) is 18.4 Å². The van der Waals surface area contributed by atoms with Gasteiger partial charge >= 0.3 is 5.92 Å². The van der Waals surface area contributed by atoms with Crippen molar-refractivity contribution in [3.63, 3.8) is 0 Å². The van der Waals surface area contributed by atoms with Crippen LogP contribution in [0.2, 0.25) is 0 Å². The van der Waals surface area contributed by atoms with Gasteiger partial charge in [0.2, 0.25) is 5.82 Å². The summed E-state index contributed by atoms with van der Waals surface area (Å²) in [7, 11) is 0. The highest BCUT2D eigenvalue weighted by molar-refractivity contribution is 5.79. The van der Waals surface area contributed by atoms with Crippen molar-refractivity contribution >= 4 is 16.6 Å². The van der Waals surface area contributed by atoms with Crippen molar-refractivity contribution in [3.8, 4) is 11.3 Å². The van der Waals surface area contributed by atoms with E-state index in [1.54, 1.807) is 30.5 Å². The lowest BCUT2D eigenvalue weighted by atomic mass is 10.0. The van der Waals surface area contributed by atoms with Crippen molar-refractivity contribution in [1.29, 1.82) is 0 Å². The van der Waals surface area contributed by atoms with Crippen LogP contribution in [0.1, 0.15) is 11.4 Å². The highest BCUT2D eigenvalue weighted by Crippen LogP contribution is 2.35.